The van der Waals surface area contributed by atoms with Gasteiger partial charge < -0.3 is 20.3 Å². The van der Waals surface area contributed by atoms with E-state index in [2.05, 4.69) is 25.3 Å². The highest BCUT2D eigenvalue weighted by Gasteiger charge is 2.31. The van der Waals surface area contributed by atoms with Gasteiger partial charge >= 0.3 is 6.36 Å². The van der Waals surface area contributed by atoms with Crippen molar-refractivity contribution in [1.82, 2.24) is 15.3 Å². The van der Waals surface area contributed by atoms with E-state index in [4.69, 9.17) is 23.2 Å². The number of carbonyl (C=O) groups excluding carboxylic acids is 2. The Kier molecular flexibility index (Phi) is 8.64. The van der Waals surface area contributed by atoms with Crippen LogP contribution in [0.2, 0.25) is 10.0 Å². The summed E-state index contributed by atoms with van der Waals surface area (Å²) in [5.74, 6) is -0.306. The molecule has 13 heteroatoms. The lowest BCUT2D eigenvalue weighted by molar-refractivity contribution is -0.274. The Morgan fingerprint density at radius 2 is 1.75 bits per heavy atom. The van der Waals surface area contributed by atoms with Gasteiger partial charge in [-0.2, -0.15) is 0 Å². The lowest BCUT2D eigenvalue weighted by atomic mass is 9.95. The van der Waals surface area contributed by atoms with Crippen molar-refractivity contribution in [3.8, 4) is 17.1 Å². The number of hydrogen-bond donors (Lipinski definition) is 2. The van der Waals surface area contributed by atoms with Gasteiger partial charge in [-0.1, -0.05) is 62.2 Å². The summed E-state index contributed by atoms with van der Waals surface area (Å²) in [6.45, 7) is 7.00. The molecule has 4 aromatic rings. The number of nitrogens with zero attached hydrogens (tertiary/aromatic N) is 3. The molecule has 230 valence electrons. The Labute approximate surface area is 261 Å². The van der Waals surface area contributed by atoms with Crippen LogP contribution in [-0.2, 0) is 11.3 Å². The van der Waals surface area contributed by atoms with Crippen molar-refractivity contribution in [3.05, 3.63) is 75.8 Å². The van der Waals surface area contributed by atoms with Crippen LogP contribution in [0.15, 0.2) is 54.6 Å². The molecule has 0 atom stereocenters. The van der Waals surface area contributed by atoms with Crippen molar-refractivity contribution >= 4 is 57.4 Å². The number of hydrogen-bond acceptors (Lipinski definition) is 6. The maximum Gasteiger partial charge on any atom is 0.573 e. The summed E-state index contributed by atoms with van der Waals surface area (Å²) in [5.41, 5.74) is 1.14. The van der Waals surface area contributed by atoms with Gasteiger partial charge in [0.2, 0.25) is 5.91 Å². The number of anilines is 2. The standard InChI is InChI=1S/C31H28Cl2F3N5O3/c1-30(2,3)29(43)37-16-18-8-11-22(32)24(25(18)33)28(42)38-19-9-10-21-23(15-19)39-26(40-27(21)41-12-5-13-41)17-6-4-7-20(14-17)44-31(34,35)36/h4,6-11,14-15H,5,12-13,16H2,1-3H3,(H,37,43)(H,38,42). The molecule has 8 nitrogen and oxygen atoms in total. The van der Waals surface area contributed by atoms with E-state index in [1.165, 1.54) is 24.3 Å². The molecule has 44 heavy (non-hydrogen) atoms. The van der Waals surface area contributed by atoms with Gasteiger partial charge in [0.25, 0.3) is 5.91 Å². The molecule has 2 amide bonds. The maximum atomic E-state index is 13.4. The van der Waals surface area contributed by atoms with Crippen LogP contribution >= 0.6 is 23.2 Å². The summed E-state index contributed by atoms with van der Waals surface area (Å²) >= 11 is 13.0. The van der Waals surface area contributed by atoms with Crippen LogP contribution in [0.5, 0.6) is 5.75 Å². The largest absolute Gasteiger partial charge is 0.573 e. The molecule has 2 heterocycles. The van der Waals surface area contributed by atoms with Gasteiger partial charge in [-0.25, -0.2) is 9.97 Å². The lowest BCUT2D eigenvalue weighted by Gasteiger charge is -2.33. The first-order valence-electron chi connectivity index (χ1n) is 13.7. The predicted octanol–water partition coefficient (Wildman–Crippen LogP) is 7.63. The molecule has 0 aliphatic carbocycles. The van der Waals surface area contributed by atoms with Gasteiger partial charge in [0.1, 0.15) is 11.6 Å². The van der Waals surface area contributed by atoms with Gasteiger partial charge in [0, 0.05) is 41.7 Å². The summed E-state index contributed by atoms with van der Waals surface area (Å²) in [6, 6.07) is 13.7. The molecule has 0 saturated carbocycles. The number of nitrogens with one attached hydrogen (secondary N) is 2. The molecule has 5 rings (SSSR count). The fraction of sp³-hybridized carbons (Fsp3) is 0.290. The Morgan fingerprint density at radius 1 is 1.00 bits per heavy atom. The maximum absolute atomic E-state index is 13.4. The van der Waals surface area contributed by atoms with E-state index >= 15 is 0 Å². The summed E-state index contributed by atoms with van der Waals surface area (Å²) in [4.78, 5) is 37.1. The molecular formula is C31H28Cl2F3N5O3. The minimum Gasteiger partial charge on any atom is -0.406 e. The van der Waals surface area contributed by atoms with E-state index in [-0.39, 0.29) is 39.6 Å². The van der Waals surface area contributed by atoms with Gasteiger partial charge in [-0.05, 0) is 48.4 Å². The zero-order valence-corrected chi connectivity index (χ0v) is 25.5. The Balaban J connectivity index is 1.46. The Morgan fingerprint density at radius 3 is 2.41 bits per heavy atom. The smallest absolute Gasteiger partial charge is 0.406 e. The van der Waals surface area contributed by atoms with E-state index in [9.17, 15) is 22.8 Å². The molecule has 0 bridgehead atoms. The molecule has 1 aliphatic heterocycles. The summed E-state index contributed by atoms with van der Waals surface area (Å²) in [7, 11) is 0. The van der Waals surface area contributed by atoms with E-state index in [1.54, 1.807) is 51.1 Å². The highest BCUT2D eigenvalue weighted by Crippen LogP contribution is 2.34. The lowest BCUT2D eigenvalue weighted by Crippen LogP contribution is -2.37. The first-order chi connectivity index (χ1) is 20.7. The number of alkyl halides is 3. The molecule has 1 saturated heterocycles. The molecule has 1 fully saturated rings. The fourth-order valence-electron chi connectivity index (χ4n) is 4.50. The van der Waals surface area contributed by atoms with Crippen LogP contribution in [0.25, 0.3) is 22.3 Å². The SMILES string of the molecule is CC(C)(C)C(=O)NCc1ccc(Cl)c(C(=O)Nc2ccc3c(N4CCC4)nc(-c4cccc(OC(F)(F)F)c4)nc3c2)c1Cl. The second-order valence-electron chi connectivity index (χ2n) is 11.3. The molecule has 1 aromatic heterocycles. The van der Waals surface area contributed by atoms with E-state index < -0.39 is 17.7 Å². The number of aromatic nitrogens is 2. The van der Waals surface area contributed by atoms with Crippen LogP contribution in [0, 0.1) is 5.41 Å². The van der Waals surface area contributed by atoms with Crippen molar-refractivity contribution in [2.24, 2.45) is 5.41 Å². The summed E-state index contributed by atoms with van der Waals surface area (Å²) < 4.78 is 42.6. The van der Waals surface area contributed by atoms with Crippen molar-refractivity contribution in [2.75, 3.05) is 23.3 Å². The first-order valence-corrected chi connectivity index (χ1v) is 14.4. The van der Waals surface area contributed by atoms with E-state index in [0.717, 1.165) is 19.5 Å². The van der Waals surface area contributed by atoms with Crippen molar-refractivity contribution < 1.29 is 27.5 Å². The monoisotopic (exact) mass is 645 g/mol. The molecule has 3 aromatic carbocycles. The zero-order chi connectivity index (χ0) is 31.8. The Hall–Kier alpha value is -4.09. The normalized spacial score (nSPS) is 13.4. The number of rotatable bonds is 7. The highest BCUT2D eigenvalue weighted by atomic mass is 35.5. The topological polar surface area (TPSA) is 96.5 Å². The van der Waals surface area contributed by atoms with E-state index in [0.29, 0.717) is 33.5 Å². The fourth-order valence-corrected chi connectivity index (χ4v) is 5.10. The van der Waals surface area contributed by atoms with Gasteiger partial charge in [0.15, 0.2) is 5.82 Å². The van der Waals surface area contributed by atoms with Gasteiger partial charge in [0.05, 0.1) is 21.1 Å². The second-order valence-corrected chi connectivity index (χ2v) is 12.1. The molecule has 0 spiro atoms. The number of ether oxygens (including phenoxy) is 1. The summed E-state index contributed by atoms with van der Waals surface area (Å²) in [6.07, 6.45) is -3.87. The predicted molar refractivity (Wildman–Crippen MR) is 164 cm³/mol. The number of halogens is 5. The molecule has 0 radical (unpaired) electrons. The molecule has 1 aliphatic rings. The van der Waals surface area contributed by atoms with Crippen molar-refractivity contribution in [2.45, 2.75) is 40.1 Å². The average molecular weight is 646 g/mol. The summed E-state index contributed by atoms with van der Waals surface area (Å²) in [5, 5.41) is 6.56. The van der Waals surface area contributed by atoms with Crippen LogP contribution in [0.1, 0.15) is 43.1 Å². The van der Waals surface area contributed by atoms with Crippen molar-refractivity contribution in [3.63, 3.8) is 0 Å². The number of fused-ring (bicyclic) bond motifs is 1. The third kappa shape index (κ3) is 7.00. The minimum absolute atomic E-state index is 0.0436. The minimum atomic E-state index is -4.84. The third-order valence-electron chi connectivity index (χ3n) is 6.93. The first kappa shape index (κ1) is 31.3. The van der Waals surface area contributed by atoms with Gasteiger partial charge in [-0.3, -0.25) is 9.59 Å². The number of carbonyl (C=O) groups is 2. The van der Waals surface area contributed by atoms with Crippen molar-refractivity contribution in [1.29, 1.82) is 0 Å². The Bertz CT molecular complexity index is 1750. The molecular weight excluding hydrogens is 618 g/mol. The second kappa shape index (κ2) is 12.1. The third-order valence-corrected chi connectivity index (χ3v) is 7.68. The number of benzene rings is 3. The van der Waals surface area contributed by atoms with Crippen LogP contribution in [0.4, 0.5) is 24.7 Å². The van der Waals surface area contributed by atoms with Crippen LogP contribution in [0.3, 0.4) is 0 Å². The molecule has 2 N–H and O–H groups in total. The highest BCUT2D eigenvalue weighted by molar-refractivity contribution is 6.40. The number of amides is 2. The average Bonchev–Trinajstić information content (AvgIpc) is 2.90. The quantitative estimate of drug-likeness (QED) is 0.215. The van der Waals surface area contributed by atoms with E-state index in [1.807, 2.05) is 4.90 Å². The van der Waals surface area contributed by atoms with Crippen LogP contribution in [-0.4, -0.2) is 41.2 Å². The molecule has 0 unspecified atom stereocenters. The van der Waals surface area contributed by atoms with Gasteiger partial charge in [-0.15, -0.1) is 13.2 Å². The zero-order valence-electron chi connectivity index (χ0n) is 24.0. The van der Waals surface area contributed by atoms with Crippen LogP contribution < -0.4 is 20.3 Å².